The maximum atomic E-state index is 11.5. The molecule has 0 saturated carbocycles. The van der Waals surface area contributed by atoms with Gasteiger partial charge in [-0.05, 0) is 6.42 Å². The van der Waals surface area contributed by atoms with Crippen molar-refractivity contribution in [2.45, 2.75) is 13.3 Å². The van der Waals surface area contributed by atoms with Crippen LogP contribution in [0, 0.1) is 0 Å². The molecule has 0 radical (unpaired) electrons. The Morgan fingerprint density at radius 1 is 1.36 bits per heavy atom. The molecule has 6 heteroatoms. The fraction of sp³-hybridized carbons (Fsp3) is 0.625. The minimum atomic E-state index is -0.419. The molecule has 0 aliphatic heterocycles. The number of nitrogens with zero attached hydrogens (tertiary/aromatic N) is 3. The van der Waals surface area contributed by atoms with E-state index in [9.17, 15) is 9.59 Å². The smallest absolute Gasteiger partial charge is 0.346 e. The predicted octanol–water partition coefficient (Wildman–Crippen LogP) is -0.699. The minimum Gasteiger partial charge on any atom is -0.364 e. The number of hydrogen-bond donors (Lipinski definition) is 1. The summed E-state index contributed by atoms with van der Waals surface area (Å²) >= 11 is 0. The van der Waals surface area contributed by atoms with Crippen molar-refractivity contribution in [1.82, 2.24) is 14.3 Å². The lowest BCUT2D eigenvalue weighted by molar-refractivity contribution is 0.604. The van der Waals surface area contributed by atoms with Gasteiger partial charge in [-0.15, -0.1) is 5.10 Å². The van der Waals surface area contributed by atoms with Gasteiger partial charge in [-0.3, -0.25) is 9.36 Å². The first kappa shape index (κ1) is 10.5. The van der Waals surface area contributed by atoms with Crippen molar-refractivity contribution >= 4 is 5.82 Å². The molecule has 0 aromatic carbocycles. The van der Waals surface area contributed by atoms with Gasteiger partial charge in [-0.2, -0.15) is 0 Å². The van der Waals surface area contributed by atoms with Gasteiger partial charge in [0.25, 0.3) is 5.56 Å². The van der Waals surface area contributed by atoms with E-state index in [0.29, 0.717) is 6.54 Å². The van der Waals surface area contributed by atoms with Crippen molar-refractivity contribution in [2.75, 3.05) is 11.9 Å². The molecule has 1 rings (SSSR count). The number of aryl methyl sites for hydroxylation is 1. The molecule has 0 aliphatic rings. The van der Waals surface area contributed by atoms with Gasteiger partial charge in [0.15, 0.2) is 0 Å². The molecule has 14 heavy (non-hydrogen) atoms. The number of hydrogen-bond acceptors (Lipinski definition) is 4. The fourth-order valence-electron chi connectivity index (χ4n) is 1.05. The van der Waals surface area contributed by atoms with E-state index < -0.39 is 5.69 Å². The van der Waals surface area contributed by atoms with Crippen LogP contribution in [-0.4, -0.2) is 20.9 Å². The summed E-state index contributed by atoms with van der Waals surface area (Å²) in [7, 11) is 2.95. The van der Waals surface area contributed by atoms with E-state index in [0.717, 1.165) is 15.7 Å². The highest BCUT2D eigenvalue weighted by molar-refractivity contribution is 5.28. The van der Waals surface area contributed by atoms with Gasteiger partial charge < -0.3 is 5.32 Å². The highest BCUT2D eigenvalue weighted by Gasteiger charge is 2.06. The molecular weight excluding hydrogens is 184 g/mol. The van der Waals surface area contributed by atoms with E-state index >= 15 is 0 Å². The fourth-order valence-corrected chi connectivity index (χ4v) is 1.05. The molecule has 0 amide bonds. The van der Waals surface area contributed by atoms with E-state index in [-0.39, 0.29) is 11.4 Å². The molecule has 0 unspecified atom stereocenters. The van der Waals surface area contributed by atoms with Gasteiger partial charge >= 0.3 is 5.69 Å². The second kappa shape index (κ2) is 4.08. The van der Waals surface area contributed by atoms with Gasteiger partial charge in [0.1, 0.15) is 0 Å². The third-order valence-corrected chi connectivity index (χ3v) is 1.86. The Hall–Kier alpha value is -1.59. The molecule has 0 spiro atoms. The molecular formula is C8H14N4O2. The molecule has 1 N–H and O–H groups in total. The Morgan fingerprint density at radius 2 is 2.00 bits per heavy atom. The van der Waals surface area contributed by atoms with E-state index in [1.807, 2.05) is 6.92 Å². The molecule has 0 atom stereocenters. The number of nitrogens with one attached hydrogen (secondary N) is 1. The molecule has 0 saturated heterocycles. The van der Waals surface area contributed by atoms with Crippen LogP contribution in [0.25, 0.3) is 0 Å². The summed E-state index contributed by atoms with van der Waals surface area (Å²) in [6, 6.07) is 0. The molecule has 0 bridgehead atoms. The first-order valence-corrected chi connectivity index (χ1v) is 4.46. The standard InChI is InChI=1S/C8H14N4O2/c1-4-5-9-6-7(13)11(2)8(14)12(3)10-6/h4-5H2,1-3H3,(H,9,10). The van der Waals surface area contributed by atoms with Crippen molar-refractivity contribution in [3.63, 3.8) is 0 Å². The molecule has 1 aromatic heterocycles. The maximum absolute atomic E-state index is 11.5. The minimum absolute atomic E-state index is 0.219. The van der Waals surface area contributed by atoms with Gasteiger partial charge in [0.05, 0.1) is 0 Å². The SMILES string of the molecule is CCCNc1nn(C)c(=O)n(C)c1=O. The predicted molar refractivity (Wildman–Crippen MR) is 53.5 cm³/mol. The maximum Gasteiger partial charge on any atom is 0.346 e. The average Bonchev–Trinajstić information content (AvgIpc) is 2.18. The third kappa shape index (κ3) is 1.84. The summed E-state index contributed by atoms with van der Waals surface area (Å²) in [5.74, 6) is 0.219. The summed E-state index contributed by atoms with van der Waals surface area (Å²) in [5.41, 5.74) is -0.807. The molecule has 1 aromatic rings. The monoisotopic (exact) mass is 198 g/mol. The van der Waals surface area contributed by atoms with E-state index in [2.05, 4.69) is 10.4 Å². The summed E-state index contributed by atoms with van der Waals surface area (Å²) < 4.78 is 2.17. The zero-order valence-electron chi connectivity index (χ0n) is 8.57. The van der Waals surface area contributed by atoms with E-state index in [1.54, 1.807) is 0 Å². The van der Waals surface area contributed by atoms with Crippen molar-refractivity contribution in [3.05, 3.63) is 20.8 Å². The van der Waals surface area contributed by atoms with E-state index in [1.165, 1.54) is 14.1 Å². The van der Waals surface area contributed by atoms with Crippen LogP contribution in [0.4, 0.5) is 5.82 Å². The van der Waals surface area contributed by atoms with Crippen molar-refractivity contribution in [2.24, 2.45) is 14.1 Å². The van der Waals surface area contributed by atoms with E-state index in [4.69, 9.17) is 0 Å². The van der Waals surface area contributed by atoms with Crippen LogP contribution in [0.5, 0.6) is 0 Å². The van der Waals surface area contributed by atoms with Gasteiger partial charge in [0.2, 0.25) is 5.82 Å². The Labute approximate surface area is 81.2 Å². The number of aromatic nitrogens is 3. The zero-order chi connectivity index (χ0) is 10.7. The van der Waals surface area contributed by atoms with Crippen molar-refractivity contribution < 1.29 is 0 Å². The van der Waals surface area contributed by atoms with Crippen LogP contribution < -0.4 is 16.6 Å². The molecule has 1 heterocycles. The molecule has 0 fully saturated rings. The first-order chi connectivity index (χ1) is 6.57. The van der Waals surface area contributed by atoms with Crippen LogP contribution in [0.2, 0.25) is 0 Å². The van der Waals surface area contributed by atoms with Crippen molar-refractivity contribution in [3.8, 4) is 0 Å². The largest absolute Gasteiger partial charge is 0.364 e. The zero-order valence-corrected chi connectivity index (χ0v) is 8.57. The van der Waals surface area contributed by atoms with Crippen LogP contribution in [-0.2, 0) is 14.1 Å². The van der Waals surface area contributed by atoms with Gasteiger partial charge in [-0.25, -0.2) is 9.48 Å². The Morgan fingerprint density at radius 3 is 2.57 bits per heavy atom. The normalized spacial score (nSPS) is 10.2. The summed E-state index contributed by atoms with van der Waals surface area (Å²) in [6.45, 7) is 2.65. The third-order valence-electron chi connectivity index (χ3n) is 1.86. The van der Waals surface area contributed by atoms with Crippen LogP contribution in [0.3, 0.4) is 0 Å². The Balaban J connectivity index is 3.20. The molecule has 0 aliphatic carbocycles. The van der Waals surface area contributed by atoms with Crippen LogP contribution in [0.1, 0.15) is 13.3 Å². The topological polar surface area (TPSA) is 68.9 Å². The highest BCUT2D eigenvalue weighted by Crippen LogP contribution is 1.88. The van der Waals surface area contributed by atoms with Gasteiger partial charge in [0, 0.05) is 20.6 Å². The summed E-state index contributed by atoms with van der Waals surface area (Å²) in [6.07, 6.45) is 0.897. The summed E-state index contributed by atoms with van der Waals surface area (Å²) in [4.78, 5) is 22.7. The summed E-state index contributed by atoms with van der Waals surface area (Å²) in [5, 5.41) is 6.70. The Kier molecular flexibility index (Phi) is 3.06. The van der Waals surface area contributed by atoms with Gasteiger partial charge in [-0.1, -0.05) is 6.92 Å². The lowest BCUT2D eigenvalue weighted by Crippen LogP contribution is -2.40. The molecule has 6 nitrogen and oxygen atoms in total. The highest BCUT2D eigenvalue weighted by atomic mass is 16.2. The lowest BCUT2D eigenvalue weighted by atomic mass is 10.5. The lowest BCUT2D eigenvalue weighted by Gasteiger charge is -2.06. The van der Waals surface area contributed by atoms with Crippen LogP contribution in [0.15, 0.2) is 9.59 Å². The Bertz CT molecular complexity index is 432. The number of anilines is 1. The second-order valence-corrected chi connectivity index (χ2v) is 3.05. The van der Waals surface area contributed by atoms with Crippen LogP contribution >= 0.6 is 0 Å². The van der Waals surface area contributed by atoms with Crippen molar-refractivity contribution in [1.29, 1.82) is 0 Å². The quantitative estimate of drug-likeness (QED) is 0.697. The molecule has 78 valence electrons. The second-order valence-electron chi connectivity index (χ2n) is 3.05. The first-order valence-electron chi connectivity index (χ1n) is 4.46. The average molecular weight is 198 g/mol. The number of rotatable bonds is 3.